The number of carbonyl (C=O) groups is 1. The minimum absolute atomic E-state index is 0.0437. The summed E-state index contributed by atoms with van der Waals surface area (Å²) < 4.78 is 28.1. The third-order valence-electron chi connectivity index (χ3n) is 5.49. The number of benzene rings is 2. The van der Waals surface area contributed by atoms with Crippen LogP contribution in [0.25, 0.3) is 0 Å². The summed E-state index contributed by atoms with van der Waals surface area (Å²) in [5.41, 5.74) is 3.68. The molecule has 1 aromatic heterocycles. The van der Waals surface area contributed by atoms with Gasteiger partial charge in [0, 0.05) is 42.6 Å². The Kier molecular flexibility index (Phi) is 6.57. The standard InChI is InChI=1S/C23H24ClN3O3S2/c1-16-4-3-5-19(14-16)26-9-11-27(12-10-26)32(29,30)21-8-13-31-22(21)23(28)25-18-7-6-17(2)20(24)15-18/h3-8,13-15H,9-12H2,1-2H3,(H,25,28). The predicted octanol–water partition coefficient (Wildman–Crippen LogP) is 4.78. The van der Waals surface area contributed by atoms with Crippen molar-refractivity contribution in [2.24, 2.45) is 0 Å². The largest absolute Gasteiger partial charge is 0.369 e. The first-order valence-electron chi connectivity index (χ1n) is 10.2. The summed E-state index contributed by atoms with van der Waals surface area (Å²) >= 11 is 7.25. The fourth-order valence-electron chi connectivity index (χ4n) is 3.68. The highest BCUT2D eigenvalue weighted by Gasteiger charge is 2.32. The van der Waals surface area contributed by atoms with E-state index in [-0.39, 0.29) is 9.77 Å². The molecule has 1 amide bonds. The highest BCUT2D eigenvalue weighted by Crippen LogP contribution is 2.28. The molecule has 32 heavy (non-hydrogen) atoms. The Labute approximate surface area is 197 Å². The molecule has 3 aromatic rings. The van der Waals surface area contributed by atoms with Gasteiger partial charge in [-0.15, -0.1) is 11.3 Å². The van der Waals surface area contributed by atoms with Crippen LogP contribution in [0.2, 0.25) is 5.02 Å². The van der Waals surface area contributed by atoms with E-state index in [0.29, 0.717) is 36.9 Å². The number of nitrogens with one attached hydrogen (secondary N) is 1. The molecule has 1 aliphatic rings. The molecule has 0 spiro atoms. The average Bonchev–Trinajstić information content (AvgIpc) is 3.28. The second-order valence-electron chi connectivity index (χ2n) is 7.76. The van der Waals surface area contributed by atoms with Gasteiger partial charge in [-0.3, -0.25) is 4.79 Å². The van der Waals surface area contributed by atoms with Crippen LogP contribution in [0, 0.1) is 13.8 Å². The second kappa shape index (κ2) is 9.23. The lowest BCUT2D eigenvalue weighted by atomic mass is 10.2. The molecule has 6 nitrogen and oxygen atoms in total. The smallest absolute Gasteiger partial charge is 0.267 e. The lowest BCUT2D eigenvalue weighted by molar-refractivity contribution is 0.102. The van der Waals surface area contributed by atoms with Crippen LogP contribution < -0.4 is 10.2 Å². The highest BCUT2D eigenvalue weighted by atomic mass is 35.5. The summed E-state index contributed by atoms with van der Waals surface area (Å²) in [5, 5.41) is 4.92. The summed E-state index contributed by atoms with van der Waals surface area (Å²) in [7, 11) is -3.79. The highest BCUT2D eigenvalue weighted by molar-refractivity contribution is 7.89. The number of anilines is 2. The zero-order chi connectivity index (χ0) is 22.9. The van der Waals surface area contributed by atoms with Gasteiger partial charge >= 0.3 is 0 Å². The summed E-state index contributed by atoms with van der Waals surface area (Å²) in [5.74, 6) is -0.461. The van der Waals surface area contributed by atoms with Crippen molar-refractivity contribution in [3.05, 3.63) is 74.9 Å². The fraction of sp³-hybridized carbons (Fsp3) is 0.261. The fourth-order valence-corrected chi connectivity index (χ4v) is 6.57. The van der Waals surface area contributed by atoms with Crippen molar-refractivity contribution in [1.82, 2.24) is 4.31 Å². The lowest BCUT2D eigenvalue weighted by Gasteiger charge is -2.35. The van der Waals surface area contributed by atoms with Crippen LogP contribution in [-0.4, -0.2) is 44.8 Å². The zero-order valence-electron chi connectivity index (χ0n) is 17.8. The molecule has 1 aliphatic heterocycles. The van der Waals surface area contributed by atoms with E-state index in [0.717, 1.165) is 22.6 Å². The van der Waals surface area contributed by atoms with Gasteiger partial charge < -0.3 is 10.2 Å². The van der Waals surface area contributed by atoms with Crippen molar-refractivity contribution in [2.45, 2.75) is 18.7 Å². The number of thiophene rings is 1. The molecule has 0 aliphatic carbocycles. The number of piperazine rings is 1. The first-order chi connectivity index (χ1) is 15.3. The van der Waals surface area contributed by atoms with Crippen molar-refractivity contribution in [3.8, 4) is 0 Å². The van der Waals surface area contributed by atoms with Gasteiger partial charge in [-0.25, -0.2) is 8.42 Å². The van der Waals surface area contributed by atoms with Gasteiger partial charge in [0.15, 0.2) is 0 Å². The number of aryl methyl sites for hydroxylation is 2. The van der Waals surface area contributed by atoms with Crippen molar-refractivity contribution in [3.63, 3.8) is 0 Å². The van der Waals surface area contributed by atoms with Gasteiger partial charge in [0.25, 0.3) is 5.91 Å². The van der Waals surface area contributed by atoms with E-state index < -0.39 is 15.9 Å². The van der Waals surface area contributed by atoms with E-state index in [9.17, 15) is 13.2 Å². The molecular weight excluding hydrogens is 466 g/mol. The first kappa shape index (κ1) is 22.8. The molecule has 2 aromatic carbocycles. The molecule has 2 heterocycles. The third kappa shape index (κ3) is 4.68. The molecular formula is C23H24ClN3O3S2. The number of rotatable bonds is 5. The summed E-state index contributed by atoms with van der Waals surface area (Å²) in [6.45, 7) is 5.82. The molecule has 1 fully saturated rings. The summed E-state index contributed by atoms with van der Waals surface area (Å²) in [6.07, 6.45) is 0. The summed E-state index contributed by atoms with van der Waals surface area (Å²) in [6, 6.07) is 14.9. The van der Waals surface area contributed by atoms with E-state index >= 15 is 0 Å². The minimum Gasteiger partial charge on any atom is -0.369 e. The molecule has 1 N–H and O–H groups in total. The first-order valence-corrected chi connectivity index (χ1v) is 12.9. The summed E-state index contributed by atoms with van der Waals surface area (Å²) in [4.78, 5) is 15.3. The zero-order valence-corrected chi connectivity index (χ0v) is 20.2. The normalized spacial score (nSPS) is 15.0. The predicted molar refractivity (Wildman–Crippen MR) is 131 cm³/mol. The quantitative estimate of drug-likeness (QED) is 0.560. The second-order valence-corrected chi connectivity index (χ2v) is 11.0. The van der Waals surface area contributed by atoms with Gasteiger partial charge in [0.2, 0.25) is 10.0 Å². The van der Waals surface area contributed by atoms with E-state index in [1.165, 1.54) is 15.9 Å². The van der Waals surface area contributed by atoms with Crippen LogP contribution in [-0.2, 0) is 10.0 Å². The molecule has 0 atom stereocenters. The van der Waals surface area contributed by atoms with E-state index in [4.69, 9.17) is 11.6 Å². The van der Waals surface area contributed by atoms with Gasteiger partial charge in [-0.2, -0.15) is 4.31 Å². The number of hydrogen-bond acceptors (Lipinski definition) is 5. The monoisotopic (exact) mass is 489 g/mol. The molecule has 4 rings (SSSR count). The van der Waals surface area contributed by atoms with Crippen molar-refractivity contribution >= 4 is 50.2 Å². The number of halogens is 1. The molecule has 1 saturated heterocycles. The Balaban J connectivity index is 1.49. The molecule has 0 saturated carbocycles. The van der Waals surface area contributed by atoms with Crippen LogP contribution in [0.1, 0.15) is 20.8 Å². The van der Waals surface area contributed by atoms with Crippen LogP contribution in [0.3, 0.4) is 0 Å². The number of hydrogen-bond donors (Lipinski definition) is 1. The Morgan fingerprint density at radius 3 is 2.47 bits per heavy atom. The SMILES string of the molecule is Cc1cccc(N2CCN(S(=O)(=O)c3ccsc3C(=O)Nc3ccc(C)c(Cl)c3)CC2)c1. The minimum atomic E-state index is -3.79. The Bertz CT molecular complexity index is 1250. The number of amides is 1. The van der Waals surface area contributed by atoms with Crippen molar-refractivity contribution in [2.75, 3.05) is 36.4 Å². The van der Waals surface area contributed by atoms with Crippen LogP contribution in [0.4, 0.5) is 11.4 Å². The van der Waals surface area contributed by atoms with Crippen molar-refractivity contribution < 1.29 is 13.2 Å². The Morgan fingerprint density at radius 1 is 1.03 bits per heavy atom. The van der Waals surface area contributed by atoms with Crippen LogP contribution >= 0.6 is 22.9 Å². The molecule has 0 unspecified atom stereocenters. The van der Waals surface area contributed by atoms with Gasteiger partial charge in [-0.1, -0.05) is 29.8 Å². The van der Waals surface area contributed by atoms with Crippen LogP contribution in [0.5, 0.6) is 0 Å². The number of carbonyl (C=O) groups excluding carboxylic acids is 1. The van der Waals surface area contributed by atoms with Gasteiger partial charge in [0.05, 0.1) is 0 Å². The Morgan fingerprint density at radius 2 is 1.78 bits per heavy atom. The number of sulfonamides is 1. The maximum atomic E-state index is 13.3. The van der Waals surface area contributed by atoms with Crippen LogP contribution in [0.15, 0.2) is 58.8 Å². The van der Waals surface area contributed by atoms with E-state index in [1.807, 2.05) is 32.0 Å². The third-order valence-corrected chi connectivity index (χ3v) is 8.88. The lowest BCUT2D eigenvalue weighted by Crippen LogP contribution is -2.48. The Hall–Kier alpha value is -2.39. The van der Waals surface area contributed by atoms with E-state index in [2.05, 4.69) is 16.3 Å². The maximum Gasteiger partial charge on any atom is 0.267 e. The molecule has 168 valence electrons. The topological polar surface area (TPSA) is 69.7 Å². The average molecular weight is 490 g/mol. The van der Waals surface area contributed by atoms with Crippen molar-refractivity contribution in [1.29, 1.82) is 0 Å². The maximum absolute atomic E-state index is 13.3. The number of nitrogens with zero attached hydrogens (tertiary/aromatic N) is 2. The molecule has 0 bridgehead atoms. The van der Waals surface area contributed by atoms with Gasteiger partial charge in [0.1, 0.15) is 9.77 Å². The van der Waals surface area contributed by atoms with Gasteiger partial charge in [-0.05, 0) is 60.7 Å². The molecule has 0 radical (unpaired) electrons. The van der Waals surface area contributed by atoms with E-state index in [1.54, 1.807) is 23.6 Å². The molecule has 9 heteroatoms.